The van der Waals surface area contributed by atoms with E-state index in [2.05, 4.69) is 11.4 Å². The Hall–Kier alpha value is -2.49. The van der Waals surface area contributed by atoms with Crippen molar-refractivity contribution >= 4 is 11.6 Å². The van der Waals surface area contributed by atoms with E-state index in [0.717, 1.165) is 30.8 Å². The lowest BCUT2D eigenvalue weighted by molar-refractivity contribution is 0.100. The second-order valence-electron chi connectivity index (χ2n) is 4.81. The molecular formula is C16H16N2O2. The van der Waals surface area contributed by atoms with Gasteiger partial charge in [-0.2, -0.15) is 0 Å². The highest BCUT2D eigenvalue weighted by Crippen LogP contribution is 2.35. The monoisotopic (exact) mass is 268 g/mol. The highest BCUT2D eigenvalue weighted by atomic mass is 16.5. The lowest BCUT2D eigenvalue weighted by Gasteiger charge is -2.21. The zero-order valence-electron chi connectivity index (χ0n) is 11.1. The fourth-order valence-electron chi connectivity index (χ4n) is 2.38. The number of nitrogens with two attached hydrogens (primary N) is 1. The summed E-state index contributed by atoms with van der Waals surface area (Å²) >= 11 is 0. The first-order valence-electron chi connectivity index (χ1n) is 6.67. The van der Waals surface area contributed by atoms with E-state index in [4.69, 9.17) is 10.5 Å². The fourth-order valence-corrected chi connectivity index (χ4v) is 2.38. The Morgan fingerprint density at radius 1 is 1.15 bits per heavy atom. The van der Waals surface area contributed by atoms with E-state index in [-0.39, 0.29) is 0 Å². The molecule has 3 rings (SSSR count). The number of hydrogen-bond donors (Lipinski definition) is 2. The number of carbonyl (C=O) groups excluding carboxylic acids is 1. The van der Waals surface area contributed by atoms with Crippen LogP contribution in [0.1, 0.15) is 22.3 Å². The maximum absolute atomic E-state index is 11.0. The summed E-state index contributed by atoms with van der Waals surface area (Å²) in [4.78, 5) is 11.0. The van der Waals surface area contributed by atoms with E-state index in [9.17, 15) is 4.79 Å². The van der Waals surface area contributed by atoms with Crippen LogP contribution in [0.3, 0.4) is 0 Å². The van der Waals surface area contributed by atoms with Crippen LogP contribution in [0.15, 0.2) is 42.5 Å². The summed E-state index contributed by atoms with van der Waals surface area (Å²) in [7, 11) is 0. The molecule has 0 bridgehead atoms. The van der Waals surface area contributed by atoms with Crippen molar-refractivity contribution in [1.29, 1.82) is 0 Å². The van der Waals surface area contributed by atoms with Crippen molar-refractivity contribution in [3.05, 3.63) is 53.6 Å². The van der Waals surface area contributed by atoms with Crippen LogP contribution < -0.4 is 15.8 Å². The maximum Gasteiger partial charge on any atom is 0.248 e. The molecule has 4 nitrogen and oxygen atoms in total. The molecule has 20 heavy (non-hydrogen) atoms. The normalized spacial score (nSPS) is 13.2. The zero-order chi connectivity index (χ0) is 13.9. The molecule has 0 atom stereocenters. The van der Waals surface area contributed by atoms with Crippen LogP contribution in [-0.4, -0.2) is 12.5 Å². The summed E-state index contributed by atoms with van der Waals surface area (Å²) in [5.74, 6) is 1.07. The van der Waals surface area contributed by atoms with Crippen LogP contribution in [0.4, 0.5) is 5.69 Å². The van der Waals surface area contributed by atoms with Gasteiger partial charge in [-0.05, 0) is 48.7 Å². The number of carbonyl (C=O) groups is 1. The van der Waals surface area contributed by atoms with Gasteiger partial charge in [0, 0.05) is 12.1 Å². The molecule has 2 aromatic carbocycles. The molecule has 0 saturated carbocycles. The predicted octanol–water partition coefficient (Wildman–Crippen LogP) is 2.94. The average molecular weight is 268 g/mol. The molecule has 1 heterocycles. The van der Waals surface area contributed by atoms with Gasteiger partial charge in [0.15, 0.2) is 5.75 Å². The van der Waals surface area contributed by atoms with Gasteiger partial charge in [-0.3, -0.25) is 4.79 Å². The molecule has 0 fully saturated rings. The number of rotatable bonds is 3. The van der Waals surface area contributed by atoms with E-state index in [1.54, 1.807) is 24.3 Å². The van der Waals surface area contributed by atoms with Gasteiger partial charge >= 0.3 is 0 Å². The van der Waals surface area contributed by atoms with E-state index in [1.165, 1.54) is 5.56 Å². The van der Waals surface area contributed by atoms with Gasteiger partial charge in [-0.15, -0.1) is 0 Å². The number of para-hydroxylation sites is 1. The van der Waals surface area contributed by atoms with Crippen molar-refractivity contribution in [1.82, 2.24) is 0 Å². The Morgan fingerprint density at radius 3 is 2.70 bits per heavy atom. The quantitative estimate of drug-likeness (QED) is 0.899. The number of aryl methyl sites for hydroxylation is 1. The molecule has 1 amide bonds. The van der Waals surface area contributed by atoms with Crippen molar-refractivity contribution < 1.29 is 9.53 Å². The van der Waals surface area contributed by atoms with Crippen molar-refractivity contribution in [3.63, 3.8) is 0 Å². The third kappa shape index (κ3) is 2.45. The number of primary amides is 1. The number of hydrogen-bond acceptors (Lipinski definition) is 3. The average Bonchev–Trinajstić information content (AvgIpc) is 2.48. The van der Waals surface area contributed by atoms with Crippen LogP contribution in [0.2, 0.25) is 0 Å². The van der Waals surface area contributed by atoms with Crippen LogP contribution in [-0.2, 0) is 6.42 Å². The number of amides is 1. The Bertz CT molecular complexity index is 635. The molecule has 0 radical (unpaired) electrons. The summed E-state index contributed by atoms with van der Waals surface area (Å²) in [5, 5.41) is 3.38. The Kier molecular flexibility index (Phi) is 3.29. The van der Waals surface area contributed by atoms with Gasteiger partial charge in [-0.25, -0.2) is 0 Å². The third-order valence-electron chi connectivity index (χ3n) is 3.40. The number of fused-ring (bicyclic) bond motifs is 1. The molecule has 3 N–H and O–H groups in total. The van der Waals surface area contributed by atoms with Gasteiger partial charge in [0.05, 0.1) is 5.69 Å². The molecule has 1 aliphatic rings. The van der Waals surface area contributed by atoms with Crippen LogP contribution >= 0.6 is 0 Å². The molecule has 0 aromatic heterocycles. The summed E-state index contributed by atoms with van der Waals surface area (Å²) in [6.45, 7) is 0.966. The fraction of sp³-hybridized carbons (Fsp3) is 0.188. The SMILES string of the molecule is NC(=O)c1ccc(Oc2cccc3c2NCCC3)cc1. The topological polar surface area (TPSA) is 64.4 Å². The van der Waals surface area contributed by atoms with Gasteiger partial charge in [-0.1, -0.05) is 12.1 Å². The molecule has 1 aliphatic heterocycles. The highest BCUT2D eigenvalue weighted by Gasteiger charge is 2.13. The first-order valence-corrected chi connectivity index (χ1v) is 6.67. The molecule has 0 spiro atoms. The molecule has 4 heteroatoms. The minimum absolute atomic E-state index is 0.435. The smallest absolute Gasteiger partial charge is 0.248 e. The van der Waals surface area contributed by atoms with E-state index >= 15 is 0 Å². The first-order chi connectivity index (χ1) is 9.74. The standard InChI is InChI=1S/C16H16N2O2/c17-16(19)12-6-8-13(9-7-12)20-14-5-1-3-11-4-2-10-18-15(11)14/h1,3,5-9,18H,2,4,10H2,(H2,17,19). The number of benzene rings is 2. The summed E-state index contributed by atoms with van der Waals surface area (Å²) in [5.41, 5.74) is 8.04. The van der Waals surface area contributed by atoms with Crippen LogP contribution in [0, 0.1) is 0 Å². The Morgan fingerprint density at radius 2 is 1.95 bits per heavy atom. The summed E-state index contributed by atoms with van der Waals surface area (Å²) in [6, 6.07) is 12.9. The van der Waals surface area contributed by atoms with Gasteiger partial charge in [0.25, 0.3) is 0 Å². The van der Waals surface area contributed by atoms with Crippen molar-refractivity contribution in [3.8, 4) is 11.5 Å². The van der Waals surface area contributed by atoms with Crippen LogP contribution in [0.25, 0.3) is 0 Å². The second-order valence-corrected chi connectivity index (χ2v) is 4.81. The lowest BCUT2D eigenvalue weighted by Crippen LogP contribution is -2.12. The minimum Gasteiger partial charge on any atom is -0.455 e. The molecule has 0 aliphatic carbocycles. The first kappa shape index (κ1) is 12.5. The molecular weight excluding hydrogens is 252 g/mol. The largest absolute Gasteiger partial charge is 0.455 e. The minimum atomic E-state index is -0.435. The number of ether oxygens (including phenoxy) is 1. The van der Waals surface area contributed by atoms with E-state index in [0.29, 0.717) is 11.3 Å². The van der Waals surface area contributed by atoms with Crippen molar-refractivity contribution in [2.24, 2.45) is 5.73 Å². The number of anilines is 1. The zero-order valence-corrected chi connectivity index (χ0v) is 11.1. The van der Waals surface area contributed by atoms with E-state index in [1.807, 2.05) is 12.1 Å². The molecule has 0 unspecified atom stereocenters. The molecule has 102 valence electrons. The predicted molar refractivity (Wildman–Crippen MR) is 78.3 cm³/mol. The summed E-state index contributed by atoms with van der Waals surface area (Å²) < 4.78 is 5.90. The maximum atomic E-state index is 11.0. The van der Waals surface area contributed by atoms with Gasteiger partial charge in [0.1, 0.15) is 5.75 Å². The second kappa shape index (κ2) is 5.25. The molecule has 0 saturated heterocycles. The van der Waals surface area contributed by atoms with Crippen molar-refractivity contribution in [2.75, 3.05) is 11.9 Å². The van der Waals surface area contributed by atoms with E-state index < -0.39 is 5.91 Å². The molecule has 2 aromatic rings. The number of nitrogens with one attached hydrogen (secondary N) is 1. The lowest BCUT2D eigenvalue weighted by atomic mass is 10.0. The highest BCUT2D eigenvalue weighted by molar-refractivity contribution is 5.92. The third-order valence-corrected chi connectivity index (χ3v) is 3.40. The Labute approximate surface area is 117 Å². The summed E-state index contributed by atoms with van der Waals surface area (Å²) in [6.07, 6.45) is 2.21. The van der Waals surface area contributed by atoms with Crippen molar-refractivity contribution in [2.45, 2.75) is 12.8 Å². The van der Waals surface area contributed by atoms with Crippen LogP contribution in [0.5, 0.6) is 11.5 Å². The Balaban J connectivity index is 1.86. The van der Waals surface area contributed by atoms with Gasteiger partial charge in [0.2, 0.25) is 5.91 Å². The van der Waals surface area contributed by atoms with Gasteiger partial charge < -0.3 is 15.8 Å².